The van der Waals surface area contributed by atoms with Crippen LogP contribution in [-0.2, 0) is 5.41 Å². The average Bonchev–Trinajstić information content (AvgIpc) is 3.50. The second-order valence-corrected chi connectivity index (χ2v) is 9.58. The van der Waals surface area contributed by atoms with Crippen molar-refractivity contribution in [3.8, 4) is 5.88 Å². The van der Waals surface area contributed by atoms with Gasteiger partial charge in [0.1, 0.15) is 22.9 Å². The summed E-state index contributed by atoms with van der Waals surface area (Å²) in [5, 5.41) is 18.6. The highest BCUT2D eigenvalue weighted by Crippen LogP contribution is 2.50. The Morgan fingerprint density at radius 3 is 2.73 bits per heavy atom. The number of nitrogens with zero attached hydrogens (tertiary/aromatic N) is 5. The third-order valence-corrected chi connectivity index (χ3v) is 6.76. The first kappa shape index (κ1) is 25.3. The summed E-state index contributed by atoms with van der Waals surface area (Å²) in [6.45, 7) is 1.28. The van der Waals surface area contributed by atoms with Gasteiger partial charge in [0.05, 0.1) is 22.6 Å². The third kappa shape index (κ3) is 4.28. The molecule has 3 aromatic rings. The first-order valence-electron chi connectivity index (χ1n) is 10.9. The fourth-order valence-corrected chi connectivity index (χ4v) is 4.83. The van der Waals surface area contributed by atoms with Crippen LogP contribution in [-0.4, -0.2) is 68.6 Å². The molecular formula is C21H18Cl2F3N7O4. The number of carbonyl (C=O) groups excluding carboxylic acids is 1. The van der Waals surface area contributed by atoms with Crippen LogP contribution in [0.3, 0.4) is 0 Å². The van der Waals surface area contributed by atoms with Gasteiger partial charge in [-0.15, -0.1) is 0 Å². The summed E-state index contributed by atoms with van der Waals surface area (Å²) in [6.07, 6.45) is -3.41. The SMILES string of the molecule is C[C@@]1(C(F)(F)F)CN(C(=O)Nc2cc(Cl)c(C(=O)O)c(O[C@H]3CCNC3)n2)c2cnc3cc(Cl)nn3c21. The zero-order valence-corrected chi connectivity index (χ0v) is 20.4. The fraction of sp³-hybridized carbons (Fsp3) is 0.381. The number of hydrogen-bond donors (Lipinski definition) is 3. The van der Waals surface area contributed by atoms with Crippen LogP contribution >= 0.6 is 23.2 Å². The summed E-state index contributed by atoms with van der Waals surface area (Å²) in [6, 6.07) is 1.41. The van der Waals surface area contributed by atoms with Crippen LogP contribution in [0.15, 0.2) is 18.3 Å². The van der Waals surface area contributed by atoms with Crippen LogP contribution in [0.5, 0.6) is 5.88 Å². The molecule has 0 radical (unpaired) electrons. The molecule has 0 spiro atoms. The number of nitrogens with one attached hydrogen (secondary N) is 2. The molecule has 1 fully saturated rings. The fourth-order valence-electron chi connectivity index (χ4n) is 4.39. The van der Waals surface area contributed by atoms with E-state index in [2.05, 4.69) is 25.7 Å². The van der Waals surface area contributed by atoms with Gasteiger partial charge in [0.25, 0.3) is 0 Å². The second-order valence-electron chi connectivity index (χ2n) is 8.78. The van der Waals surface area contributed by atoms with Crippen LogP contribution in [0.2, 0.25) is 10.2 Å². The summed E-state index contributed by atoms with van der Waals surface area (Å²) in [5.41, 5.74) is -3.26. The Hall–Kier alpha value is -3.36. The number of carbonyl (C=O) groups is 2. The van der Waals surface area contributed by atoms with Gasteiger partial charge in [-0.2, -0.15) is 23.3 Å². The van der Waals surface area contributed by atoms with Crippen molar-refractivity contribution in [2.75, 3.05) is 29.9 Å². The number of alkyl halides is 3. The van der Waals surface area contributed by atoms with Gasteiger partial charge in [0.15, 0.2) is 10.8 Å². The van der Waals surface area contributed by atoms with Crippen LogP contribution in [0.1, 0.15) is 29.4 Å². The monoisotopic (exact) mass is 559 g/mol. The van der Waals surface area contributed by atoms with Gasteiger partial charge in [-0.25, -0.2) is 19.1 Å². The van der Waals surface area contributed by atoms with Crippen LogP contribution in [0.25, 0.3) is 5.65 Å². The number of carboxylic acids is 1. The molecule has 5 rings (SSSR count). The molecule has 2 amide bonds. The average molecular weight is 560 g/mol. The molecule has 1 saturated heterocycles. The van der Waals surface area contributed by atoms with Gasteiger partial charge in [-0.1, -0.05) is 23.2 Å². The van der Waals surface area contributed by atoms with E-state index in [0.29, 0.717) is 19.5 Å². The van der Waals surface area contributed by atoms with Gasteiger partial charge in [-0.3, -0.25) is 10.2 Å². The van der Waals surface area contributed by atoms with Gasteiger partial charge in [0.2, 0.25) is 5.88 Å². The summed E-state index contributed by atoms with van der Waals surface area (Å²) < 4.78 is 49.5. The number of anilines is 2. The number of pyridine rings is 1. The number of amides is 2. The van der Waals surface area contributed by atoms with E-state index in [1.807, 2.05) is 0 Å². The highest BCUT2D eigenvalue weighted by molar-refractivity contribution is 6.34. The molecule has 0 unspecified atom stereocenters. The summed E-state index contributed by atoms with van der Waals surface area (Å²) >= 11 is 12.0. The van der Waals surface area contributed by atoms with E-state index in [9.17, 15) is 27.9 Å². The maximum Gasteiger partial charge on any atom is 0.401 e. The minimum atomic E-state index is -4.76. The van der Waals surface area contributed by atoms with Crippen LogP contribution in [0.4, 0.5) is 29.5 Å². The van der Waals surface area contributed by atoms with Gasteiger partial charge >= 0.3 is 18.2 Å². The molecule has 3 aromatic heterocycles. The van der Waals surface area contributed by atoms with E-state index in [1.54, 1.807) is 0 Å². The molecular weight excluding hydrogens is 542 g/mol. The Morgan fingerprint density at radius 2 is 2.08 bits per heavy atom. The smallest absolute Gasteiger partial charge is 0.401 e. The topological polar surface area (TPSA) is 134 Å². The lowest BCUT2D eigenvalue weighted by atomic mass is 9.88. The van der Waals surface area contributed by atoms with Crippen molar-refractivity contribution in [2.24, 2.45) is 0 Å². The van der Waals surface area contributed by atoms with Gasteiger partial charge in [-0.05, 0) is 19.9 Å². The number of aromatic nitrogens is 4. The highest BCUT2D eigenvalue weighted by atomic mass is 35.5. The Bertz CT molecular complexity index is 1430. The van der Waals surface area contributed by atoms with Crippen molar-refractivity contribution < 1.29 is 32.6 Å². The molecule has 0 aliphatic carbocycles. The number of aromatic carboxylic acids is 1. The molecule has 5 heterocycles. The highest BCUT2D eigenvalue weighted by Gasteiger charge is 2.60. The van der Waals surface area contributed by atoms with Crippen molar-refractivity contribution in [2.45, 2.75) is 31.0 Å². The zero-order valence-electron chi connectivity index (χ0n) is 18.9. The molecule has 3 N–H and O–H groups in total. The Kier molecular flexibility index (Phi) is 6.08. The molecule has 16 heteroatoms. The zero-order chi connectivity index (χ0) is 26.7. The number of rotatable bonds is 4. The van der Waals surface area contributed by atoms with Gasteiger partial charge in [0, 0.05) is 25.2 Å². The van der Waals surface area contributed by atoms with E-state index in [-0.39, 0.29) is 45.0 Å². The number of urea groups is 1. The number of ether oxygens (including phenoxy) is 1. The standard InChI is InChI=1S/C21H18Cl2F3N7O4/c1-20(21(24,25)26)8-32(11-7-28-14-5-12(23)31-33(14)16(11)20)19(36)30-13-4-10(22)15(18(34)35)17(29-13)37-9-2-3-27-6-9/h4-5,7,9,27H,2-3,6,8H2,1H3,(H,34,35)(H,29,30,36)/t9-,20+/m0/s1. The lowest BCUT2D eigenvalue weighted by molar-refractivity contribution is -0.181. The molecule has 0 aromatic carbocycles. The largest absolute Gasteiger partial charge is 0.477 e. The van der Waals surface area contributed by atoms with Crippen LogP contribution < -0.4 is 20.3 Å². The summed E-state index contributed by atoms with van der Waals surface area (Å²) in [4.78, 5) is 34.0. The molecule has 0 bridgehead atoms. The predicted molar refractivity (Wildman–Crippen MR) is 126 cm³/mol. The van der Waals surface area contributed by atoms with Crippen molar-refractivity contribution in [1.82, 2.24) is 24.9 Å². The Morgan fingerprint density at radius 1 is 1.32 bits per heavy atom. The molecule has 0 saturated carbocycles. The molecule has 196 valence electrons. The van der Waals surface area contributed by atoms with Crippen LogP contribution in [0, 0.1) is 0 Å². The van der Waals surface area contributed by atoms with E-state index in [0.717, 1.165) is 28.6 Å². The van der Waals surface area contributed by atoms with E-state index in [4.69, 9.17) is 27.9 Å². The quantitative estimate of drug-likeness (QED) is 0.440. The van der Waals surface area contributed by atoms with Crippen molar-refractivity contribution in [3.63, 3.8) is 0 Å². The second kappa shape index (κ2) is 8.89. The molecule has 2 aliphatic heterocycles. The molecule has 2 atom stereocenters. The normalized spacial score (nSPS) is 21.4. The van der Waals surface area contributed by atoms with Crippen molar-refractivity contribution >= 4 is 52.4 Å². The minimum absolute atomic E-state index is 0.0596. The lowest BCUT2D eigenvalue weighted by Gasteiger charge is -2.28. The van der Waals surface area contributed by atoms with Crippen molar-refractivity contribution in [1.29, 1.82) is 0 Å². The van der Waals surface area contributed by atoms with E-state index < -0.39 is 35.7 Å². The lowest BCUT2D eigenvalue weighted by Crippen LogP contribution is -2.46. The number of hydrogen-bond acceptors (Lipinski definition) is 7. The maximum absolute atomic E-state index is 14.3. The number of carboxylic acid groups (broad SMARTS) is 1. The number of halogens is 5. The number of fused-ring (bicyclic) bond motifs is 3. The first-order chi connectivity index (χ1) is 17.4. The van der Waals surface area contributed by atoms with Gasteiger partial charge < -0.3 is 15.2 Å². The Balaban J connectivity index is 1.51. The molecule has 11 nitrogen and oxygen atoms in total. The Labute approximate surface area is 216 Å². The summed E-state index contributed by atoms with van der Waals surface area (Å²) in [5.74, 6) is -1.92. The molecule has 2 aliphatic rings. The van der Waals surface area contributed by atoms with Crippen molar-refractivity contribution in [3.05, 3.63) is 39.8 Å². The molecule has 37 heavy (non-hydrogen) atoms. The predicted octanol–water partition coefficient (Wildman–Crippen LogP) is 3.74. The summed E-state index contributed by atoms with van der Waals surface area (Å²) in [7, 11) is 0. The minimum Gasteiger partial charge on any atom is -0.477 e. The van der Waals surface area contributed by atoms with E-state index in [1.165, 1.54) is 6.07 Å². The maximum atomic E-state index is 14.3. The third-order valence-electron chi connectivity index (χ3n) is 6.27. The van der Waals surface area contributed by atoms with E-state index >= 15 is 0 Å². The first-order valence-corrected chi connectivity index (χ1v) is 11.7.